The van der Waals surface area contributed by atoms with Crippen LogP contribution in [0.25, 0.3) is 11.0 Å². The van der Waals surface area contributed by atoms with E-state index in [2.05, 4.69) is 49.6 Å². The van der Waals surface area contributed by atoms with Gasteiger partial charge in [-0.2, -0.15) is 0 Å². The first kappa shape index (κ1) is 30.2. The summed E-state index contributed by atoms with van der Waals surface area (Å²) >= 11 is 5.96. The topological polar surface area (TPSA) is 124 Å². The molecule has 1 saturated heterocycles. The maximum atomic E-state index is 13.4. The molecule has 0 saturated carbocycles. The van der Waals surface area contributed by atoms with Crippen LogP contribution < -0.4 is 20.9 Å². The first-order valence-corrected chi connectivity index (χ1v) is 13.7. The molecule has 0 unspecified atom stereocenters. The quantitative estimate of drug-likeness (QED) is 0.339. The Bertz CT molecular complexity index is 1210. The van der Waals surface area contributed by atoms with Gasteiger partial charge in [0.1, 0.15) is 28.9 Å². The molecule has 0 aliphatic carbocycles. The molecule has 4 rings (SSSR count). The molecule has 4 N–H and O–H groups in total. The molecule has 212 valence electrons. The van der Waals surface area contributed by atoms with Gasteiger partial charge in [0, 0.05) is 30.9 Å². The lowest BCUT2D eigenvalue weighted by atomic mass is 9.86. The summed E-state index contributed by atoms with van der Waals surface area (Å²) in [5.74, 6) is 0.557. The Morgan fingerprint density at radius 1 is 1.08 bits per heavy atom. The van der Waals surface area contributed by atoms with Crippen LogP contribution in [0.1, 0.15) is 53.0 Å². The van der Waals surface area contributed by atoms with Gasteiger partial charge in [0.05, 0.1) is 5.39 Å². The second-order valence-electron chi connectivity index (χ2n) is 10.4. The predicted octanol–water partition coefficient (Wildman–Crippen LogP) is 4.41. The third kappa shape index (κ3) is 8.56. The number of nitrogens with zero attached hydrogens (tertiary/aromatic N) is 3. The molecule has 1 fully saturated rings. The lowest BCUT2D eigenvalue weighted by Crippen LogP contribution is -2.63. The zero-order chi connectivity index (χ0) is 28.5. The fourth-order valence-corrected chi connectivity index (χ4v) is 4.45. The van der Waals surface area contributed by atoms with E-state index in [-0.39, 0.29) is 5.91 Å². The van der Waals surface area contributed by atoms with Gasteiger partial charge in [-0.05, 0) is 70.5 Å². The van der Waals surface area contributed by atoms with Crippen molar-refractivity contribution in [1.29, 1.82) is 0 Å². The number of hydrogen-bond acceptors (Lipinski definition) is 7. The average Bonchev–Trinajstić information content (AvgIpc) is 3.38. The minimum Gasteiger partial charge on any atom is -0.444 e. The summed E-state index contributed by atoms with van der Waals surface area (Å²) < 4.78 is 5.47. The Morgan fingerprint density at radius 3 is 2.33 bits per heavy atom. The highest BCUT2D eigenvalue weighted by Crippen LogP contribution is 2.30. The number of carbonyl (C=O) groups excluding carboxylic acids is 2. The number of halogens is 1. The predicted molar refractivity (Wildman–Crippen MR) is 155 cm³/mol. The summed E-state index contributed by atoms with van der Waals surface area (Å²) in [7, 11) is 0. The molecule has 11 heteroatoms. The summed E-state index contributed by atoms with van der Waals surface area (Å²) in [4.78, 5) is 40.0. The largest absolute Gasteiger partial charge is 0.444 e. The van der Waals surface area contributed by atoms with Crippen molar-refractivity contribution >= 4 is 40.5 Å². The Kier molecular flexibility index (Phi) is 10.5. The number of fused-ring (bicyclic) bond motifs is 1. The lowest BCUT2D eigenvalue weighted by molar-refractivity contribution is -0.128. The second-order valence-corrected chi connectivity index (χ2v) is 10.8. The first-order chi connectivity index (χ1) is 18.6. The number of H-pyrrole nitrogens is 1. The molecule has 2 amide bonds. The highest BCUT2D eigenvalue weighted by atomic mass is 35.5. The van der Waals surface area contributed by atoms with E-state index in [1.54, 1.807) is 32.9 Å². The van der Waals surface area contributed by atoms with Crippen LogP contribution in [-0.4, -0.2) is 64.3 Å². The van der Waals surface area contributed by atoms with Gasteiger partial charge in [-0.1, -0.05) is 37.6 Å². The van der Waals surface area contributed by atoms with Crippen molar-refractivity contribution in [3.05, 3.63) is 53.4 Å². The molecule has 0 bridgehead atoms. The second kappa shape index (κ2) is 13.6. The molecule has 0 atom stereocenters. The third-order valence-electron chi connectivity index (χ3n) is 6.29. The summed E-state index contributed by atoms with van der Waals surface area (Å²) in [6.07, 6.45) is 3.53. The fourth-order valence-electron chi connectivity index (χ4n) is 4.32. The number of benzene rings is 1. The molecule has 1 aromatic carbocycles. The van der Waals surface area contributed by atoms with E-state index in [9.17, 15) is 9.59 Å². The van der Waals surface area contributed by atoms with Crippen LogP contribution in [0.5, 0.6) is 0 Å². The summed E-state index contributed by atoms with van der Waals surface area (Å²) in [6.45, 7) is 13.1. The van der Waals surface area contributed by atoms with Crippen LogP contribution in [0.4, 0.5) is 10.6 Å². The normalized spacial score (nSPS) is 14.8. The highest BCUT2D eigenvalue weighted by Gasteiger charge is 2.44. The van der Waals surface area contributed by atoms with E-state index in [1.165, 1.54) is 6.33 Å². The first-order valence-electron chi connectivity index (χ1n) is 13.3. The van der Waals surface area contributed by atoms with Gasteiger partial charge in [0.25, 0.3) is 0 Å². The van der Waals surface area contributed by atoms with Crippen LogP contribution in [-0.2, 0) is 16.1 Å². The van der Waals surface area contributed by atoms with Gasteiger partial charge in [-0.15, -0.1) is 0 Å². The summed E-state index contributed by atoms with van der Waals surface area (Å²) in [5.41, 5.74) is -0.102. The van der Waals surface area contributed by atoms with Gasteiger partial charge in [0.15, 0.2) is 0 Å². The molecule has 1 aliphatic heterocycles. The van der Waals surface area contributed by atoms with Gasteiger partial charge in [-0.25, -0.2) is 14.8 Å². The Labute approximate surface area is 235 Å². The zero-order valence-electron chi connectivity index (χ0n) is 23.4. The maximum Gasteiger partial charge on any atom is 0.408 e. The van der Waals surface area contributed by atoms with Crippen molar-refractivity contribution in [2.24, 2.45) is 0 Å². The Hall–Kier alpha value is -3.37. The van der Waals surface area contributed by atoms with Crippen molar-refractivity contribution in [3.8, 4) is 0 Å². The number of anilines is 1. The maximum absolute atomic E-state index is 13.4. The van der Waals surface area contributed by atoms with Gasteiger partial charge < -0.3 is 30.6 Å². The van der Waals surface area contributed by atoms with Crippen LogP contribution in [0.2, 0.25) is 5.02 Å². The van der Waals surface area contributed by atoms with E-state index in [4.69, 9.17) is 16.3 Å². The molecule has 1 aliphatic rings. The van der Waals surface area contributed by atoms with Crippen molar-refractivity contribution in [2.45, 2.75) is 65.1 Å². The van der Waals surface area contributed by atoms with Crippen molar-refractivity contribution in [2.75, 3.05) is 31.1 Å². The molecular weight excluding hydrogens is 518 g/mol. The Morgan fingerprint density at radius 2 is 1.74 bits per heavy atom. The van der Waals surface area contributed by atoms with E-state index in [0.717, 1.165) is 35.5 Å². The number of hydrogen-bond donors (Lipinski definition) is 4. The van der Waals surface area contributed by atoms with Gasteiger partial charge >= 0.3 is 6.09 Å². The molecule has 39 heavy (non-hydrogen) atoms. The molecule has 10 nitrogen and oxygen atoms in total. The standard InChI is InChI=1S/C24H29ClN6O3.C4H11N/c1-23(2,3)34-22(33)30-24(21(32)27-14-16-4-6-17(25)7-5-16)9-12-31(13-10-24)20-18-8-11-26-19(18)28-15-29-20;1-3-5-4-2/h4-8,11,15H,9-10,12-14H2,1-3H3,(H,27,32)(H,30,33)(H,26,28,29);5H,3-4H2,1-2H3. The number of amides is 2. The number of alkyl carbamates (subject to hydrolysis) is 1. The highest BCUT2D eigenvalue weighted by molar-refractivity contribution is 6.30. The van der Waals surface area contributed by atoms with Crippen LogP contribution in [0, 0.1) is 0 Å². The molecular formula is C28H40ClN7O3. The minimum absolute atomic E-state index is 0.248. The molecule has 3 heterocycles. The average molecular weight is 558 g/mol. The number of aromatic nitrogens is 3. The van der Waals surface area contributed by atoms with Crippen molar-refractivity contribution < 1.29 is 14.3 Å². The number of rotatable bonds is 7. The summed E-state index contributed by atoms with van der Waals surface area (Å²) in [5, 5.41) is 10.5. The Balaban J connectivity index is 0.000000771. The van der Waals surface area contributed by atoms with Crippen LogP contribution >= 0.6 is 11.6 Å². The number of piperidine rings is 1. The van der Waals surface area contributed by atoms with E-state index in [1.807, 2.05) is 24.4 Å². The lowest BCUT2D eigenvalue weighted by Gasteiger charge is -2.41. The molecule has 0 radical (unpaired) electrons. The number of ether oxygens (including phenoxy) is 1. The fraction of sp³-hybridized carbons (Fsp3) is 0.500. The molecule has 2 aromatic heterocycles. The van der Waals surface area contributed by atoms with Gasteiger partial charge in [-0.3, -0.25) is 4.79 Å². The number of nitrogens with one attached hydrogen (secondary N) is 4. The van der Waals surface area contributed by atoms with E-state index < -0.39 is 17.2 Å². The van der Waals surface area contributed by atoms with Crippen molar-refractivity contribution in [1.82, 2.24) is 30.9 Å². The monoisotopic (exact) mass is 557 g/mol. The van der Waals surface area contributed by atoms with Crippen molar-refractivity contribution in [3.63, 3.8) is 0 Å². The third-order valence-corrected chi connectivity index (χ3v) is 6.54. The van der Waals surface area contributed by atoms with E-state index in [0.29, 0.717) is 37.5 Å². The smallest absolute Gasteiger partial charge is 0.408 e. The number of carbonyl (C=O) groups is 2. The zero-order valence-corrected chi connectivity index (χ0v) is 24.2. The summed E-state index contributed by atoms with van der Waals surface area (Å²) in [6, 6.07) is 9.20. The van der Waals surface area contributed by atoms with Crippen LogP contribution in [0.3, 0.4) is 0 Å². The molecule has 0 spiro atoms. The van der Waals surface area contributed by atoms with E-state index >= 15 is 0 Å². The molecule has 3 aromatic rings. The SMILES string of the molecule is CC(C)(C)OC(=O)NC1(C(=O)NCc2ccc(Cl)cc2)CCN(c2ncnc3[nH]ccc23)CC1.CCNCC. The van der Waals surface area contributed by atoms with Crippen LogP contribution in [0.15, 0.2) is 42.9 Å². The number of aromatic amines is 1. The van der Waals surface area contributed by atoms with Gasteiger partial charge in [0.2, 0.25) is 5.91 Å². The minimum atomic E-state index is -1.10.